The molecule has 0 unspecified atom stereocenters. The molecule has 1 aromatic heterocycles. The minimum absolute atomic E-state index is 0.0408. The van der Waals surface area contributed by atoms with Gasteiger partial charge in [-0.1, -0.05) is 25.5 Å². The molecule has 0 saturated carbocycles. The number of carbonyl (C=O) groups is 1. The highest BCUT2D eigenvalue weighted by molar-refractivity contribution is 5.88. The maximum atomic E-state index is 11.1. The Kier molecular flexibility index (Phi) is 6.40. The maximum absolute atomic E-state index is 11.1. The number of aromatic nitrogens is 2. The molecule has 1 amide bonds. The summed E-state index contributed by atoms with van der Waals surface area (Å²) in [7, 11) is 0. The summed E-state index contributed by atoms with van der Waals surface area (Å²) in [5.41, 5.74) is 3.25. The number of piperazine rings is 1. The second kappa shape index (κ2) is 8.95. The van der Waals surface area contributed by atoms with Gasteiger partial charge in [0.1, 0.15) is 11.6 Å². The fourth-order valence-electron chi connectivity index (χ4n) is 3.45. The molecule has 2 aromatic rings. The SMILES string of the molecule is CCCc1cc(N2CCN(Cc3ccc(NC(C)=O)cc3)CC2)nc(C)n1. The number of hydrogen-bond acceptors (Lipinski definition) is 5. The van der Waals surface area contributed by atoms with E-state index in [0.29, 0.717) is 0 Å². The molecule has 1 aliphatic rings. The summed E-state index contributed by atoms with van der Waals surface area (Å²) < 4.78 is 0. The number of rotatable bonds is 6. The van der Waals surface area contributed by atoms with Gasteiger partial charge in [-0.05, 0) is 31.0 Å². The first-order chi connectivity index (χ1) is 13.0. The van der Waals surface area contributed by atoms with Gasteiger partial charge in [0.05, 0.1) is 0 Å². The number of nitrogens with one attached hydrogen (secondary N) is 1. The van der Waals surface area contributed by atoms with Crippen LogP contribution < -0.4 is 10.2 Å². The molecule has 0 spiro atoms. The molecule has 6 nitrogen and oxygen atoms in total. The van der Waals surface area contributed by atoms with E-state index in [-0.39, 0.29) is 5.91 Å². The Balaban J connectivity index is 1.55. The van der Waals surface area contributed by atoms with Crippen LogP contribution in [0, 0.1) is 6.92 Å². The Hall–Kier alpha value is -2.47. The second-order valence-electron chi connectivity index (χ2n) is 7.16. The molecular formula is C21H29N5O. The van der Waals surface area contributed by atoms with E-state index in [1.807, 2.05) is 19.1 Å². The van der Waals surface area contributed by atoms with Crippen molar-refractivity contribution in [1.29, 1.82) is 0 Å². The lowest BCUT2D eigenvalue weighted by molar-refractivity contribution is -0.114. The Labute approximate surface area is 161 Å². The Morgan fingerprint density at radius 1 is 1.11 bits per heavy atom. The van der Waals surface area contributed by atoms with E-state index in [1.54, 1.807) is 0 Å². The number of amides is 1. The third-order valence-corrected chi connectivity index (χ3v) is 4.76. The van der Waals surface area contributed by atoms with E-state index in [0.717, 1.165) is 68.6 Å². The summed E-state index contributed by atoms with van der Waals surface area (Å²) in [5, 5.41) is 2.81. The van der Waals surface area contributed by atoms with Crippen molar-refractivity contribution in [3.05, 3.63) is 47.4 Å². The van der Waals surface area contributed by atoms with Gasteiger partial charge < -0.3 is 10.2 Å². The average molecular weight is 367 g/mol. The van der Waals surface area contributed by atoms with Crippen LogP contribution in [0.25, 0.3) is 0 Å². The minimum atomic E-state index is -0.0408. The van der Waals surface area contributed by atoms with Crippen molar-refractivity contribution < 1.29 is 4.79 Å². The van der Waals surface area contributed by atoms with Crippen LogP contribution in [0.1, 0.15) is 37.4 Å². The first-order valence-corrected chi connectivity index (χ1v) is 9.72. The molecule has 1 saturated heterocycles. The molecule has 0 aliphatic carbocycles. The fourth-order valence-corrected chi connectivity index (χ4v) is 3.45. The zero-order chi connectivity index (χ0) is 19.2. The molecular weight excluding hydrogens is 338 g/mol. The first kappa shape index (κ1) is 19.3. The number of hydrogen-bond donors (Lipinski definition) is 1. The van der Waals surface area contributed by atoms with Crippen LogP contribution in [-0.4, -0.2) is 47.0 Å². The fraction of sp³-hybridized carbons (Fsp3) is 0.476. The van der Waals surface area contributed by atoms with Gasteiger partial charge in [0, 0.05) is 57.1 Å². The highest BCUT2D eigenvalue weighted by atomic mass is 16.1. The smallest absolute Gasteiger partial charge is 0.221 e. The molecule has 6 heteroatoms. The van der Waals surface area contributed by atoms with Gasteiger partial charge >= 0.3 is 0 Å². The maximum Gasteiger partial charge on any atom is 0.221 e. The lowest BCUT2D eigenvalue weighted by atomic mass is 10.1. The van der Waals surface area contributed by atoms with Crippen LogP contribution in [0.2, 0.25) is 0 Å². The van der Waals surface area contributed by atoms with Crippen molar-refractivity contribution in [3.63, 3.8) is 0 Å². The van der Waals surface area contributed by atoms with Crippen LogP contribution in [0.15, 0.2) is 30.3 Å². The van der Waals surface area contributed by atoms with E-state index in [1.165, 1.54) is 12.5 Å². The van der Waals surface area contributed by atoms with Gasteiger partial charge in [-0.25, -0.2) is 9.97 Å². The van der Waals surface area contributed by atoms with Gasteiger partial charge in [-0.2, -0.15) is 0 Å². The monoisotopic (exact) mass is 367 g/mol. The Morgan fingerprint density at radius 2 is 1.81 bits per heavy atom. The molecule has 2 heterocycles. The third kappa shape index (κ3) is 5.50. The summed E-state index contributed by atoms with van der Waals surface area (Å²) in [5.74, 6) is 1.88. The van der Waals surface area contributed by atoms with Crippen LogP contribution in [0.4, 0.5) is 11.5 Å². The number of anilines is 2. The van der Waals surface area contributed by atoms with Crippen LogP contribution in [0.5, 0.6) is 0 Å². The van der Waals surface area contributed by atoms with Crippen LogP contribution in [-0.2, 0) is 17.8 Å². The lowest BCUT2D eigenvalue weighted by Gasteiger charge is -2.35. The number of nitrogens with zero attached hydrogens (tertiary/aromatic N) is 4. The topological polar surface area (TPSA) is 61.4 Å². The predicted octanol–water partition coefficient (Wildman–Crippen LogP) is 3.02. The quantitative estimate of drug-likeness (QED) is 0.850. The third-order valence-electron chi connectivity index (χ3n) is 4.76. The van der Waals surface area contributed by atoms with Crippen molar-refractivity contribution in [2.24, 2.45) is 0 Å². The van der Waals surface area contributed by atoms with E-state index in [9.17, 15) is 4.79 Å². The molecule has 1 N–H and O–H groups in total. The Bertz CT molecular complexity index is 767. The highest BCUT2D eigenvalue weighted by Gasteiger charge is 2.19. The zero-order valence-electron chi connectivity index (χ0n) is 16.5. The summed E-state index contributed by atoms with van der Waals surface area (Å²) in [6.07, 6.45) is 2.11. The molecule has 27 heavy (non-hydrogen) atoms. The van der Waals surface area contributed by atoms with Gasteiger partial charge in [-0.15, -0.1) is 0 Å². The van der Waals surface area contributed by atoms with Crippen molar-refractivity contribution in [2.75, 3.05) is 36.4 Å². The average Bonchev–Trinajstić information content (AvgIpc) is 2.63. The summed E-state index contributed by atoms with van der Waals surface area (Å²) >= 11 is 0. The normalized spacial score (nSPS) is 15.0. The number of carbonyl (C=O) groups excluding carboxylic acids is 1. The zero-order valence-corrected chi connectivity index (χ0v) is 16.5. The molecule has 3 rings (SSSR count). The molecule has 1 aromatic carbocycles. The van der Waals surface area contributed by atoms with Crippen LogP contribution in [0.3, 0.4) is 0 Å². The van der Waals surface area contributed by atoms with Crippen molar-refractivity contribution in [3.8, 4) is 0 Å². The largest absolute Gasteiger partial charge is 0.354 e. The number of benzene rings is 1. The van der Waals surface area contributed by atoms with Gasteiger partial charge in [0.25, 0.3) is 0 Å². The highest BCUT2D eigenvalue weighted by Crippen LogP contribution is 2.18. The van der Waals surface area contributed by atoms with E-state index < -0.39 is 0 Å². The van der Waals surface area contributed by atoms with Crippen molar-refractivity contribution in [2.45, 2.75) is 40.2 Å². The van der Waals surface area contributed by atoms with Crippen LogP contribution >= 0.6 is 0 Å². The van der Waals surface area contributed by atoms with E-state index in [2.05, 4.69) is 50.2 Å². The van der Waals surface area contributed by atoms with Gasteiger partial charge in [0.2, 0.25) is 5.91 Å². The van der Waals surface area contributed by atoms with Crippen molar-refractivity contribution >= 4 is 17.4 Å². The van der Waals surface area contributed by atoms with E-state index in [4.69, 9.17) is 0 Å². The van der Waals surface area contributed by atoms with Gasteiger partial charge in [0.15, 0.2) is 0 Å². The lowest BCUT2D eigenvalue weighted by Crippen LogP contribution is -2.46. The molecule has 1 aliphatic heterocycles. The standard InChI is InChI=1S/C21H29N5O/c1-4-5-20-14-21(23-16(2)22-20)26-12-10-25(11-13-26)15-18-6-8-19(9-7-18)24-17(3)27/h6-9,14H,4-5,10-13,15H2,1-3H3,(H,24,27). The molecule has 144 valence electrons. The minimum Gasteiger partial charge on any atom is -0.354 e. The first-order valence-electron chi connectivity index (χ1n) is 9.72. The van der Waals surface area contributed by atoms with Crippen molar-refractivity contribution in [1.82, 2.24) is 14.9 Å². The molecule has 0 bridgehead atoms. The number of aryl methyl sites for hydroxylation is 2. The summed E-state index contributed by atoms with van der Waals surface area (Å²) in [6.45, 7) is 10.6. The van der Waals surface area contributed by atoms with E-state index >= 15 is 0 Å². The predicted molar refractivity (Wildman–Crippen MR) is 109 cm³/mol. The summed E-state index contributed by atoms with van der Waals surface area (Å²) in [4.78, 5) is 25.1. The van der Waals surface area contributed by atoms with Gasteiger partial charge in [-0.3, -0.25) is 9.69 Å². The Morgan fingerprint density at radius 3 is 2.44 bits per heavy atom. The molecule has 1 fully saturated rings. The second-order valence-corrected chi connectivity index (χ2v) is 7.16. The molecule has 0 atom stereocenters. The molecule has 0 radical (unpaired) electrons. The summed E-state index contributed by atoms with van der Waals surface area (Å²) in [6, 6.07) is 10.2.